The smallest absolute Gasteiger partial charge is 0.330 e. The molecule has 1 N–H and O–H groups in total. The van der Waals surface area contributed by atoms with Crippen molar-refractivity contribution in [1.82, 2.24) is 9.55 Å². The molecule has 0 saturated carbocycles. The van der Waals surface area contributed by atoms with Gasteiger partial charge >= 0.3 is 5.69 Å². The summed E-state index contributed by atoms with van der Waals surface area (Å²) in [6.45, 7) is 1.87. The first-order valence-corrected chi connectivity index (χ1v) is 4.64. The molecule has 4 heteroatoms. The number of nitrogens with zero attached hydrogens (tertiary/aromatic N) is 1. The highest BCUT2D eigenvalue weighted by atomic mass is 16.5. The minimum atomic E-state index is -0.156. The Labute approximate surface area is 87.1 Å². The number of rotatable bonds is 2. The lowest BCUT2D eigenvalue weighted by atomic mass is 10.3. The van der Waals surface area contributed by atoms with Crippen LogP contribution in [-0.2, 0) is 0 Å². The number of ether oxygens (including phenoxy) is 1. The van der Waals surface area contributed by atoms with Gasteiger partial charge in [-0.05, 0) is 19.1 Å². The molecule has 0 fully saturated rings. The summed E-state index contributed by atoms with van der Waals surface area (Å²) < 4.78 is 6.79. The number of aromatic amines is 1. The molecule has 0 bridgehead atoms. The number of H-pyrrole nitrogens is 1. The number of imidazole rings is 1. The van der Waals surface area contributed by atoms with Crippen molar-refractivity contribution in [3.63, 3.8) is 0 Å². The number of hydrogen-bond acceptors (Lipinski definition) is 2. The first-order chi connectivity index (χ1) is 7.24. The van der Waals surface area contributed by atoms with E-state index in [0.29, 0.717) is 5.75 Å². The van der Waals surface area contributed by atoms with Crippen LogP contribution in [0.3, 0.4) is 0 Å². The van der Waals surface area contributed by atoms with Crippen LogP contribution in [0.4, 0.5) is 0 Å². The van der Waals surface area contributed by atoms with Crippen LogP contribution in [-0.4, -0.2) is 16.7 Å². The topological polar surface area (TPSA) is 47.0 Å². The fraction of sp³-hybridized carbons (Fsp3) is 0.182. The van der Waals surface area contributed by atoms with Crippen LogP contribution in [0.2, 0.25) is 0 Å². The van der Waals surface area contributed by atoms with E-state index in [-0.39, 0.29) is 5.69 Å². The molecule has 78 valence electrons. The molecule has 1 heterocycles. The quantitative estimate of drug-likeness (QED) is 0.805. The number of benzene rings is 1. The Morgan fingerprint density at radius 3 is 2.67 bits per heavy atom. The third kappa shape index (κ3) is 1.54. The van der Waals surface area contributed by atoms with Crippen LogP contribution in [0.25, 0.3) is 5.69 Å². The standard InChI is InChI=1S/C11H12N2O2/c1-8-7-12-11(14)13(8)9-5-3-4-6-10(9)15-2/h3-7H,1-2H3,(H,12,14). The van der Waals surface area contributed by atoms with Crippen molar-refractivity contribution in [2.45, 2.75) is 6.92 Å². The summed E-state index contributed by atoms with van der Waals surface area (Å²) in [7, 11) is 1.59. The molecule has 2 rings (SSSR count). The highest BCUT2D eigenvalue weighted by Gasteiger charge is 2.08. The zero-order valence-electron chi connectivity index (χ0n) is 8.65. The Morgan fingerprint density at radius 1 is 1.33 bits per heavy atom. The second kappa shape index (κ2) is 3.65. The van der Waals surface area contributed by atoms with Gasteiger partial charge in [0, 0.05) is 11.9 Å². The molecule has 0 spiro atoms. The van der Waals surface area contributed by atoms with Gasteiger partial charge in [-0.3, -0.25) is 4.57 Å². The van der Waals surface area contributed by atoms with Crippen molar-refractivity contribution in [3.05, 3.63) is 46.6 Å². The molecule has 0 radical (unpaired) electrons. The summed E-state index contributed by atoms with van der Waals surface area (Å²) in [5, 5.41) is 0. The van der Waals surface area contributed by atoms with Crippen LogP contribution in [0.5, 0.6) is 5.75 Å². The lowest BCUT2D eigenvalue weighted by Crippen LogP contribution is -2.16. The van der Waals surface area contributed by atoms with Gasteiger partial charge in [0.25, 0.3) is 0 Å². The maximum Gasteiger partial charge on any atom is 0.330 e. The van der Waals surface area contributed by atoms with Gasteiger partial charge in [-0.2, -0.15) is 0 Å². The molecular formula is C11H12N2O2. The average Bonchev–Trinajstić information content (AvgIpc) is 2.59. The van der Waals surface area contributed by atoms with Gasteiger partial charge in [0.1, 0.15) is 5.75 Å². The van der Waals surface area contributed by atoms with E-state index in [1.807, 2.05) is 31.2 Å². The van der Waals surface area contributed by atoms with E-state index in [1.165, 1.54) is 0 Å². The van der Waals surface area contributed by atoms with E-state index in [1.54, 1.807) is 17.9 Å². The lowest BCUT2D eigenvalue weighted by molar-refractivity contribution is 0.412. The molecule has 4 nitrogen and oxygen atoms in total. The Hall–Kier alpha value is -1.97. The van der Waals surface area contributed by atoms with Gasteiger partial charge in [0.2, 0.25) is 0 Å². The lowest BCUT2D eigenvalue weighted by Gasteiger charge is -2.09. The predicted octanol–water partition coefficient (Wildman–Crippen LogP) is 1.48. The molecule has 15 heavy (non-hydrogen) atoms. The second-order valence-electron chi connectivity index (χ2n) is 3.24. The molecule has 0 amide bonds. The zero-order valence-corrected chi connectivity index (χ0v) is 8.65. The summed E-state index contributed by atoms with van der Waals surface area (Å²) in [6.07, 6.45) is 1.68. The summed E-state index contributed by atoms with van der Waals surface area (Å²) in [5.74, 6) is 0.683. The van der Waals surface area contributed by atoms with Crippen molar-refractivity contribution in [1.29, 1.82) is 0 Å². The molecule has 0 aliphatic carbocycles. The van der Waals surface area contributed by atoms with E-state index >= 15 is 0 Å². The fourth-order valence-electron chi connectivity index (χ4n) is 1.57. The van der Waals surface area contributed by atoms with Crippen LogP contribution in [0.1, 0.15) is 5.69 Å². The largest absolute Gasteiger partial charge is 0.495 e. The fourth-order valence-corrected chi connectivity index (χ4v) is 1.57. The van der Waals surface area contributed by atoms with Crippen molar-refractivity contribution in [2.24, 2.45) is 0 Å². The Balaban J connectivity index is 2.69. The van der Waals surface area contributed by atoms with Gasteiger partial charge < -0.3 is 9.72 Å². The summed E-state index contributed by atoms with van der Waals surface area (Å²) in [6, 6.07) is 7.42. The molecule has 2 aromatic rings. The SMILES string of the molecule is COc1ccccc1-n1c(C)c[nH]c1=O. The number of para-hydroxylation sites is 2. The summed E-state index contributed by atoms with van der Waals surface area (Å²) in [4.78, 5) is 14.2. The number of methoxy groups -OCH3 is 1. The van der Waals surface area contributed by atoms with Gasteiger partial charge in [-0.15, -0.1) is 0 Å². The molecule has 1 aromatic carbocycles. The number of aryl methyl sites for hydroxylation is 1. The monoisotopic (exact) mass is 204 g/mol. The first kappa shape index (κ1) is 9.58. The van der Waals surface area contributed by atoms with Crippen molar-refractivity contribution in [3.8, 4) is 11.4 Å². The predicted molar refractivity (Wildman–Crippen MR) is 57.7 cm³/mol. The maximum absolute atomic E-state index is 11.6. The van der Waals surface area contributed by atoms with E-state index in [2.05, 4.69) is 4.98 Å². The second-order valence-corrected chi connectivity index (χ2v) is 3.24. The molecule has 0 aliphatic heterocycles. The Bertz CT molecular complexity index is 525. The third-order valence-electron chi connectivity index (χ3n) is 2.29. The molecule has 0 saturated heterocycles. The van der Waals surface area contributed by atoms with Gasteiger partial charge in [0.05, 0.1) is 12.8 Å². The molecular weight excluding hydrogens is 192 g/mol. The Kier molecular flexibility index (Phi) is 2.33. The van der Waals surface area contributed by atoms with E-state index in [4.69, 9.17) is 4.74 Å². The van der Waals surface area contributed by atoms with Gasteiger partial charge in [0.15, 0.2) is 0 Å². The van der Waals surface area contributed by atoms with Crippen LogP contribution < -0.4 is 10.4 Å². The van der Waals surface area contributed by atoms with Crippen LogP contribution in [0.15, 0.2) is 35.3 Å². The minimum absolute atomic E-state index is 0.156. The Morgan fingerprint density at radius 2 is 2.07 bits per heavy atom. The maximum atomic E-state index is 11.6. The van der Waals surface area contributed by atoms with Crippen LogP contribution in [0, 0.1) is 6.92 Å². The molecule has 0 unspecified atom stereocenters. The van der Waals surface area contributed by atoms with Crippen molar-refractivity contribution in [2.75, 3.05) is 7.11 Å². The van der Waals surface area contributed by atoms with Gasteiger partial charge in [-0.25, -0.2) is 4.79 Å². The van der Waals surface area contributed by atoms with Gasteiger partial charge in [-0.1, -0.05) is 12.1 Å². The molecule has 0 atom stereocenters. The molecule has 1 aromatic heterocycles. The summed E-state index contributed by atoms with van der Waals surface area (Å²) >= 11 is 0. The minimum Gasteiger partial charge on any atom is -0.495 e. The van der Waals surface area contributed by atoms with Crippen LogP contribution >= 0.6 is 0 Å². The number of aromatic nitrogens is 2. The first-order valence-electron chi connectivity index (χ1n) is 4.64. The summed E-state index contributed by atoms with van der Waals surface area (Å²) in [5.41, 5.74) is 1.45. The number of hydrogen-bond donors (Lipinski definition) is 1. The average molecular weight is 204 g/mol. The van der Waals surface area contributed by atoms with Crippen molar-refractivity contribution >= 4 is 0 Å². The highest BCUT2D eigenvalue weighted by Crippen LogP contribution is 2.21. The van der Waals surface area contributed by atoms with E-state index < -0.39 is 0 Å². The molecule has 0 aliphatic rings. The van der Waals surface area contributed by atoms with Crippen molar-refractivity contribution < 1.29 is 4.74 Å². The third-order valence-corrected chi connectivity index (χ3v) is 2.29. The zero-order chi connectivity index (χ0) is 10.8. The van der Waals surface area contributed by atoms with E-state index in [0.717, 1.165) is 11.4 Å². The van der Waals surface area contributed by atoms with E-state index in [9.17, 15) is 4.79 Å². The normalized spacial score (nSPS) is 10.3. The number of nitrogens with one attached hydrogen (secondary N) is 1. The highest BCUT2D eigenvalue weighted by molar-refractivity contribution is 5.47.